The van der Waals surface area contributed by atoms with Crippen molar-refractivity contribution in [2.24, 2.45) is 0 Å². The van der Waals surface area contributed by atoms with Gasteiger partial charge in [-0.3, -0.25) is 4.79 Å². The molecule has 1 rings (SSSR count). The smallest absolute Gasteiger partial charge is 0.260 e. The summed E-state index contributed by atoms with van der Waals surface area (Å²) in [7, 11) is 0. The van der Waals surface area contributed by atoms with Crippen LogP contribution >= 0.6 is 0 Å². The third-order valence-corrected chi connectivity index (χ3v) is 1.52. The summed E-state index contributed by atoms with van der Waals surface area (Å²) in [6.07, 6.45) is 3.15. The Morgan fingerprint density at radius 3 is 2.58 bits per heavy atom. The molecular formula is C9H12O3. The molecule has 3 nitrogen and oxygen atoms in total. The maximum atomic E-state index is 10.9. The van der Waals surface area contributed by atoms with Gasteiger partial charge in [-0.25, -0.2) is 0 Å². The summed E-state index contributed by atoms with van der Waals surface area (Å²) in [6.45, 7) is 5.05. The van der Waals surface area contributed by atoms with Crippen LogP contribution in [0.1, 0.15) is 20.8 Å². The van der Waals surface area contributed by atoms with Crippen LogP contribution in [0, 0.1) is 0 Å². The van der Waals surface area contributed by atoms with Crippen LogP contribution in [0.4, 0.5) is 0 Å². The van der Waals surface area contributed by atoms with Crippen LogP contribution in [0.15, 0.2) is 23.7 Å². The monoisotopic (exact) mass is 168 g/mol. The lowest BCUT2D eigenvalue weighted by Gasteiger charge is -2.04. The zero-order valence-electron chi connectivity index (χ0n) is 7.46. The third kappa shape index (κ3) is 1.67. The Morgan fingerprint density at radius 1 is 1.50 bits per heavy atom. The Morgan fingerprint density at radius 2 is 2.17 bits per heavy atom. The SMILES string of the molecule is C/C=C\C1OC(C)=C(C(C)=O)O1. The fourth-order valence-electron chi connectivity index (χ4n) is 1.02. The highest BCUT2D eigenvalue weighted by Crippen LogP contribution is 2.22. The van der Waals surface area contributed by atoms with E-state index in [1.54, 1.807) is 13.0 Å². The van der Waals surface area contributed by atoms with E-state index in [2.05, 4.69) is 0 Å². The zero-order chi connectivity index (χ0) is 9.14. The summed E-state index contributed by atoms with van der Waals surface area (Å²) in [6, 6.07) is 0. The van der Waals surface area contributed by atoms with Crippen LogP contribution in [0.2, 0.25) is 0 Å². The van der Waals surface area contributed by atoms with Crippen LogP contribution in [0.25, 0.3) is 0 Å². The van der Waals surface area contributed by atoms with Crippen molar-refractivity contribution in [3.63, 3.8) is 0 Å². The summed E-state index contributed by atoms with van der Waals surface area (Å²) in [5, 5.41) is 0. The predicted octanol–water partition coefficient (Wildman–Crippen LogP) is 1.76. The topological polar surface area (TPSA) is 35.5 Å². The van der Waals surface area contributed by atoms with Crippen molar-refractivity contribution >= 4 is 5.78 Å². The van der Waals surface area contributed by atoms with E-state index in [1.807, 2.05) is 13.0 Å². The first-order valence-corrected chi connectivity index (χ1v) is 3.83. The minimum atomic E-state index is -0.422. The molecule has 0 bridgehead atoms. The van der Waals surface area contributed by atoms with E-state index in [9.17, 15) is 4.79 Å². The van der Waals surface area contributed by atoms with Crippen LogP contribution < -0.4 is 0 Å². The van der Waals surface area contributed by atoms with Gasteiger partial charge < -0.3 is 9.47 Å². The van der Waals surface area contributed by atoms with Crippen molar-refractivity contribution in [2.75, 3.05) is 0 Å². The second-order valence-corrected chi connectivity index (χ2v) is 2.57. The molecule has 1 atom stereocenters. The fraction of sp³-hybridized carbons (Fsp3) is 0.444. The zero-order valence-corrected chi connectivity index (χ0v) is 7.46. The van der Waals surface area contributed by atoms with Crippen LogP contribution in [0.3, 0.4) is 0 Å². The molecule has 1 aliphatic heterocycles. The number of allylic oxidation sites excluding steroid dienone is 3. The second kappa shape index (κ2) is 3.43. The van der Waals surface area contributed by atoms with Crippen molar-refractivity contribution in [1.29, 1.82) is 0 Å². The molecule has 0 aromatic rings. The van der Waals surface area contributed by atoms with Gasteiger partial charge >= 0.3 is 0 Å². The van der Waals surface area contributed by atoms with Gasteiger partial charge in [-0.2, -0.15) is 0 Å². The molecule has 1 heterocycles. The molecular weight excluding hydrogens is 156 g/mol. The average molecular weight is 168 g/mol. The van der Waals surface area contributed by atoms with E-state index in [1.165, 1.54) is 6.92 Å². The second-order valence-electron chi connectivity index (χ2n) is 2.57. The van der Waals surface area contributed by atoms with E-state index in [0.29, 0.717) is 11.5 Å². The molecule has 0 N–H and O–H groups in total. The lowest BCUT2D eigenvalue weighted by molar-refractivity contribution is -0.118. The molecule has 0 fully saturated rings. The van der Waals surface area contributed by atoms with E-state index < -0.39 is 6.29 Å². The third-order valence-electron chi connectivity index (χ3n) is 1.52. The van der Waals surface area contributed by atoms with Gasteiger partial charge in [0.15, 0.2) is 5.78 Å². The van der Waals surface area contributed by atoms with Gasteiger partial charge in [0, 0.05) is 6.92 Å². The van der Waals surface area contributed by atoms with Gasteiger partial charge in [0.25, 0.3) is 6.29 Å². The van der Waals surface area contributed by atoms with Crippen molar-refractivity contribution in [3.8, 4) is 0 Å². The van der Waals surface area contributed by atoms with Crippen molar-refractivity contribution in [3.05, 3.63) is 23.7 Å². The van der Waals surface area contributed by atoms with Gasteiger partial charge in [0.2, 0.25) is 5.76 Å². The first-order valence-electron chi connectivity index (χ1n) is 3.83. The standard InChI is InChI=1S/C9H12O3/c1-4-5-8-11-7(3)9(12-8)6(2)10/h4-5,8H,1-3H3/b5-4-. The van der Waals surface area contributed by atoms with E-state index in [4.69, 9.17) is 9.47 Å². The molecule has 0 saturated heterocycles. The van der Waals surface area contributed by atoms with E-state index >= 15 is 0 Å². The normalized spacial score (nSPS) is 22.8. The number of Topliss-reactive ketones (excluding diaryl/α,β-unsaturated/α-hetero) is 1. The van der Waals surface area contributed by atoms with Gasteiger partial charge in [-0.1, -0.05) is 6.08 Å². The molecule has 66 valence electrons. The Hall–Kier alpha value is -1.25. The Kier molecular flexibility index (Phi) is 2.53. The quantitative estimate of drug-likeness (QED) is 0.589. The molecule has 0 spiro atoms. The molecule has 0 amide bonds. The minimum absolute atomic E-state index is 0.0977. The number of ether oxygens (including phenoxy) is 2. The number of carbonyl (C=O) groups excluding carboxylic acids is 1. The first-order chi connectivity index (χ1) is 5.65. The molecule has 3 heteroatoms. The largest absolute Gasteiger partial charge is 0.452 e. The molecule has 0 aromatic carbocycles. The Balaban J connectivity index is 2.68. The molecule has 12 heavy (non-hydrogen) atoms. The summed E-state index contributed by atoms with van der Waals surface area (Å²) in [4.78, 5) is 10.9. The molecule has 0 aromatic heterocycles. The number of ketones is 1. The fourth-order valence-corrected chi connectivity index (χ4v) is 1.02. The van der Waals surface area contributed by atoms with Crippen LogP contribution in [0.5, 0.6) is 0 Å². The van der Waals surface area contributed by atoms with Crippen molar-refractivity contribution < 1.29 is 14.3 Å². The first kappa shape index (κ1) is 8.84. The average Bonchev–Trinajstić information content (AvgIpc) is 2.32. The lowest BCUT2D eigenvalue weighted by atomic mass is 10.3. The number of rotatable bonds is 2. The van der Waals surface area contributed by atoms with Crippen molar-refractivity contribution in [1.82, 2.24) is 0 Å². The van der Waals surface area contributed by atoms with E-state index in [-0.39, 0.29) is 5.78 Å². The van der Waals surface area contributed by atoms with Gasteiger partial charge in [0.05, 0.1) is 0 Å². The summed E-state index contributed by atoms with van der Waals surface area (Å²) >= 11 is 0. The van der Waals surface area contributed by atoms with Gasteiger partial charge in [-0.15, -0.1) is 0 Å². The molecule has 0 saturated carbocycles. The Bertz CT molecular complexity index is 250. The molecule has 0 aliphatic carbocycles. The van der Waals surface area contributed by atoms with E-state index in [0.717, 1.165) is 0 Å². The minimum Gasteiger partial charge on any atom is -0.452 e. The summed E-state index contributed by atoms with van der Waals surface area (Å²) in [5.41, 5.74) is 0. The molecule has 0 radical (unpaired) electrons. The molecule has 1 aliphatic rings. The van der Waals surface area contributed by atoms with Crippen molar-refractivity contribution in [2.45, 2.75) is 27.1 Å². The van der Waals surface area contributed by atoms with Gasteiger partial charge in [-0.05, 0) is 19.9 Å². The highest BCUT2D eigenvalue weighted by atomic mass is 16.7. The number of hydrogen-bond acceptors (Lipinski definition) is 3. The molecule has 1 unspecified atom stereocenters. The number of hydrogen-bond donors (Lipinski definition) is 0. The maximum absolute atomic E-state index is 10.9. The van der Waals surface area contributed by atoms with Gasteiger partial charge in [0.1, 0.15) is 5.76 Å². The maximum Gasteiger partial charge on any atom is 0.260 e. The number of carbonyl (C=O) groups is 1. The predicted molar refractivity (Wildman–Crippen MR) is 44.2 cm³/mol. The highest BCUT2D eigenvalue weighted by molar-refractivity contribution is 5.91. The Labute approximate surface area is 71.7 Å². The van der Waals surface area contributed by atoms with Crippen LogP contribution in [-0.2, 0) is 14.3 Å². The summed E-state index contributed by atoms with van der Waals surface area (Å²) in [5.74, 6) is 0.795. The lowest BCUT2D eigenvalue weighted by Crippen LogP contribution is -2.06. The highest BCUT2D eigenvalue weighted by Gasteiger charge is 2.24. The van der Waals surface area contributed by atoms with Crippen LogP contribution in [-0.4, -0.2) is 12.1 Å². The summed E-state index contributed by atoms with van der Waals surface area (Å²) < 4.78 is 10.4.